The van der Waals surface area contributed by atoms with Gasteiger partial charge < -0.3 is 9.53 Å². The SMILES string of the molecule is COC(=O)[C@@]1(CCC(C)=O)CC[C@H](C)C1=O. The first-order valence-corrected chi connectivity index (χ1v) is 5.56. The third kappa shape index (κ3) is 2.15. The predicted octanol–water partition coefficient (Wildman–Crippen LogP) is 1.51. The van der Waals surface area contributed by atoms with Crippen molar-refractivity contribution < 1.29 is 19.1 Å². The zero-order valence-corrected chi connectivity index (χ0v) is 10.0. The van der Waals surface area contributed by atoms with Crippen molar-refractivity contribution in [3.63, 3.8) is 0 Å². The maximum atomic E-state index is 12.0. The highest BCUT2D eigenvalue weighted by atomic mass is 16.5. The van der Waals surface area contributed by atoms with Crippen LogP contribution in [0.25, 0.3) is 0 Å². The molecule has 4 heteroatoms. The van der Waals surface area contributed by atoms with E-state index >= 15 is 0 Å². The van der Waals surface area contributed by atoms with Crippen LogP contribution in [-0.2, 0) is 19.1 Å². The Morgan fingerprint density at radius 1 is 1.50 bits per heavy atom. The minimum absolute atomic E-state index is 0.00405. The Labute approximate surface area is 95.3 Å². The van der Waals surface area contributed by atoms with E-state index in [0.29, 0.717) is 12.8 Å². The Kier molecular flexibility index (Phi) is 3.83. The van der Waals surface area contributed by atoms with E-state index in [1.165, 1.54) is 14.0 Å². The minimum atomic E-state index is -1.06. The van der Waals surface area contributed by atoms with Gasteiger partial charge in [0.25, 0.3) is 0 Å². The molecule has 1 rings (SSSR count). The minimum Gasteiger partial charge on any atom is -0.468 e. The molecular weight excluding hydrogens is 208 g/mol. The van der Waals surface area contributed by atoms with Crippen molar-refractivity contribution in [2.45, 2.75) is 39.5 Å². The van der Waals surface area contributed by atoms with Crippen LogP contribution in [-0.4, -0.2) is 24.6 Å². The molecule has 0 amide bonds. The molecule has 1 fully saturated rings. The van der Waals surface area contributed by atoms with Gasteiger partial charge in [-0.2, -0.15) is 0 Å². The van der Waals surface area contributed by atoms with Crippen molar-refractivity contribution in [1.82, 2.24) is 0 Å². The second kappa shape index (κ2) is 4.76. The molecule has 0 radical (unpaired) electrons. The summed E-state index contributed by atoms with van der Waals surface area (Å²) in [6, 6.07) is 0. The van der Waals surface area contributed by atoms with Gasteiger partial charge in [0.1, 0.15) is 11.2 Å². The summed E-state index contributed by atoms with van der Waals surface area (Å²) in [5, 5.41) is 0. The molecule has 0 aromatic rings. The van der Waals surface area contributed by atoms with Crippen LogP contribution in [0.2, 0.25) is 0 Å². The van der Waals surface area contributed by atoms with Crippen LogP contribution in [0.1, 0.15) is 39.5 Å². The highest BCUT2D eigenvalue weighted by Gasteiger charge is 2.52. The summed E-state index contributed by atoms with van der Waals surface area (Å²) in [6.45, 7) is 3.29. The van der Waals surface area contributed by atoms with Crippen molar-refractivity contribution in [2.24, 2.45) is 11.3 Å². The number of Topliss-reactive ketones (excluding diaryl/α,β-unsaturated/α-hetero) is 2. The third-order valence-electron chi connectivity index (χ3n) is 3.40. The molecule has 1 saturated carbocycles. The van der Waals surface area contributed by atoms with Gasteiger partial charge in [0, 0.05) is 12.3 Å². The van der Waals surface area contributed by atoms with Gasteiger partial charge in [-0.1, -0.05) is 6.92 Å². The van der Waals surface area contributed by atoms with Crippen LogP contribution >= 0.6 is 0 Å². The fourth-order valence-electron chi connectivity index (χ4n) is 2.33. The van der Waals surface area contributed by atoms with E-state index in [1.807, 2.05) is 6.92 Å². The summed E-state index contributed by atoms with van der Waals surface area (Å²) in [5.74, 6) is -0.662. The number of ketones is 2. The van der Waals surface area contributed by atoms with Gasteiger partial charge in [0.05, 0.1) is 7.11 Å². The zero-order chi connectivity index (χ0) is 12.3. The normalized spacial score (nSPS) is 29.2. The summed E-state index contributed by atoms with van der Waals surface area (Å²) < 4.78 is 4.72. The number of esters is 1. The van der Waals surface area contributed by atoms with Gasteiger partial charge in [-0.15, -0.1) is 0 Å². The molecule has 0 spiro atoms. The van der Waals surface area contributed by atoms with Crippen molar-refractivity contribution in [3.8, 4) is 0 Å². The van der Waals surface area contributed by atoms with Crippen LogP contribution in [0.15, 0.2) is 0 Å². The second-order valence-corrected chi connectivity index (χ2v) is 4.58. The number of rotatable bonds is 4. The summed E-state index contributed by atoms with van der Waals surface area (Å²) in [7, 11) is 1.29. The number of carbonyl (C=O) groups excluding carboxylic acids is 3. The lowest BCUT2D eigenvalue weighted by Gasteiger charge is -2.24. The van der Waals surface area contributed by atoms with Crippen molar-refractivity contribution in [2.75, 3.05) is 7.11 Å². The number of hydrogen-bond donors (Lipinski definition) is 0. The topological polar surface area (TPSA) is 60.4 Å². The monoisotopic (exact) mass is 226 g/mol. The number of ether oxygens (including phenoxy) is 1. The van der Waals surface area contributed by atoms with Crippen LogP contribution in [0.3, 0.4) is 0 Å². The zero-order valence-electron chi connectivity index (χ0n) is 10.0. The molecule has 0 saturated heterocycles. The first-order valence-electron chi connectivity index (χ1n) is 5.56. The quantitative estimate of drug-likeness (QED) is 0.538. The molecule has 4 nitrogen and oxygen atoms in total. The van der Waals surface area contributed by atoms with Crippen LogP contribution in [0.4, 0.5) is 0 Å². The Balaban J connectivity index is 2.90. The molecule has 0 aromatic heterocycles. The van der Waals surface area contributed by atoms with Crippen molar-refractivity contribution in [3.05, 3.63) is 0 Å². The second-order valence-electron chi connectivity index (χ2n) is 4.58. The lowest BCUT2D eigenvalue weighted by atomic mass is 9.79. The molecule has 0 aliphatic heterocycles. The molecule has 90 valence electrons. The molecule has 0 aromatic carbocycles. The maximum Gasteiger partial charge on any atom is 0.319 e. The average molecular weight is 226 g/mol. The molecule has 1 aliphatic carbocycles. The Morgan fingerprint density at radius 2 is 2.12 bits per heavy atom. The summed E-state index contributed by atoms with van der Waals surface area (Å²) >= 11 is 0. The Bertz CT molecular complexity index is 321. The smallest absolute Gasteiger partial charge is 0.319 e. The fourth-order valence-corrected chi connectivity index (χ4v) is 2.33. The molecule has 0 bridgehead atoms. The summed E-state index contributed by atoms with van der Waals surface area (Å²) in [6.07, 6.45) is 1.75. The van der Waals surface area contributed by atoms with E-state index < -0.39 is 11.4 Å². The number of carbonyl (C=O) groups is 3. The van der Waals surface area contributed by atoms with E-state index in [1.54, 1.807) is 0 Å². The molecule has 1 aliphatic rings. The Hall–Kier alpha value is -1.19. The summed E-state index contributed by atoms with van der Waals surface area (Å²) in [4.78, 5) is 34.8. The first kappa shape index (κ1) is 12.9. The first-order chi connectivity index (χ1) is 7.44. The van der Waals surface area contributed by atoms with Crippen LogP contribution in [0.5, 0.6) is 0 Å². The van der Waals surface area contributed by atoms with Crippen molar-refractivity contribution >= 4 is 17.5 Å². The highest BCUT2D eigenvalue weighted by molar-refractivity contribution is 6.06. The van der Waals surface area contributed by atoms with Crippen LogP contribution < -0.4 is 0 Å². The molecular formula is C12H18O4. The number of methoxy groups -OCH3 is 1. The standard InChI is InChI=1S/C12H18O4/c1-8-4-6-12(10(8)14,11(15)16-3)7-5-9(2)13/h8H,4-7H2,1-3H3/t8-,12+/m0/s1. The van der Waals surface area contributed by atoms with E-state index in [0.717, 1.165) is 0 Å². The van der Waals surface area contributed by atoms with Gasteiger partial charge >= 0.3 is 5.97 Å². The Morgan fingerprint density at radius 3 is 2.50 bits per heavy atom. The molecule has 0 heterocycles. The van der Waals surface area contributed by atoms with E-state index in [9.17, 15) is 14.4 Å². The van der Waals surface area contributed by atoms with Gasteiger partial charge in [-0.3, -0.25) is 9.59 Å². The third-order valence-corrected chi connectivity index (χ3v) is 3.40. The van der Waals surface area contributed by atoms with E-state index in [2.05, 4.69) is 0 Å². The summed E-state index contributed by atoms with van der Waals surface area (Å²) in [5.41, 5.74) is -1.06. The molecule has 0 N–H and O–H groups in total. The van der Waals surface area contributed by atoms with Gasteiger partial charge in [0.2, 0.25) is 0 Å². The fraction of sp³-hybridized carbons (Fsp3) is 0.750. The lowest BCUT2D eigenvalue weighted by molar-refractivity contribution is -0.157. The average Bonchev–Trinajstić information content (AvgIpc) is 2.54. The van der Waals surface area contributed by atoms with E-state index in [4.69, 9.17) is 4.74 Å². The highest BCUT2D eigenvalue weighted by Crippen LogP contribution is 2.42. The van der Waals surface area contributed by atoms with Gasteiger partial charge in [-0.25, -0.2) is 0 Å². The maximum absolute atomic E-state index is 12.0. The van der Waals surface area contributed by atoms with Gasteiger partial charge in [0.15, 0.2) is 5.78 Å². The lowest BCUT2D eigenvalue weighted by Crippen LogP contribution is -2.38. The van der Waals surface area contributed by atoms with Crippen molar-refractivity contribution in [1.29, 1.82) is 0 Å². The molecule has 16 heavy (non-hydrogen) atoms. The number of hydrogen-bond acceptors (Lipinski definition) is 4. The van der Waals surface area contributed by atoms with Gasteiger partial charge in [-0.05, 0) is 26.2 Å². The largest absolute Gasteiger partial charge is 0.468 e. The molecule has 2 atom stereocenters. The predicted molar refractivity (Wildman–Crippen MR) is 57.8 cm³/mol. The molecule has 0 unspecified atom stereocenters. The van der Waals surface area contributed by atoms with Crippen LogP contribution in [0, 0.1) is 11.3 Å². The van der Waals surface area contributed by atoms with E-state index in [-0.39, 0.29) is 30.3 Å².